The molecule has 3 aromatic carbocycles. The van der Waals surface area contributed by atoms with Crippen LogP contribution < -0.4 is 4.90 Å². The average molecular weight is 476 g/mol. The third-order valence-corrected chi connectivity index (χ3v) is 8.84. The van der Waals surface area contributed by atoms with E-state index < -0.39 is 22.7 Å². The highest BCUT2D eigenvalue weighted by molar-refractivity contribution is 6.34. The van der Waals surface area contributed by atoms with E-state index in [4.69, 9.17) is 0 Å². The lowest BCUT2D eigenvalue weighted by molar-refractivity contribution is -0.134. The normalized spacial score (nSPS) is 28.9. The van der Waals surface area contributed by atoms with Gasteiger partial charge in [-0.15, -0.1) is 0 Å². The van der Waals surface area contributed by atoms with Crippen LogP contribution in [0.4, 0.5) is 5.69 Å². The molecule has 2 bridgehead atoms. The molecule has 3 aliphatic rings. The predicted octanol–water partition coefficient (Wildman–Crippen LogP) is 6.02. The van der Waals surface area contributed by atoms with Crippen LogP contribution in [0.3, 0.4) is 0 Å². The lowest BCUT2D eigenvalue weighted by Crippen LogP contribution is -2.41. The van der Waals surface area contributed by atoms with Gasteiger partial charge in [-0.05, 0) is 66.7 Å². The van der Waals surface area contributed by atoms with E-state index in [1.807, 2.05) is 107 Å². The van der Waals surface area contributed by atoms with Crippen molar-refractivity contribution in [3.8, 4) is 0 Å². The number of hydrogen-bond acceptors (Lipinski definition) is 3. The van der Waals surface area contributed by atoms with E-state index in [1.165, 1.54) is 4.90 Å². The molecule has 3 aromatic rings. The first-order valence-electron chi connectivity index (χ1n) is 12.6. The Morgan fingerprint density at radius 1 is 0.750 bits per heavy atom. The highest BCUT2D eigenvalue weighted by atomic mass is 16.2. The maximum Gasteiger partial charge on any atom is 0.239 e. The van der Waals surface area contributed by atoms with Gasteiger partial charge in [-0.3, -0.25) is 14.4 Å². The van der Waals surface area contributed by atoms with E-state index in [9.17, 15) is 14.4 Å². The summed E-state index contributed by atoms with van der Waals surface area (Å²) in [5.41, 5.74) is 4.03. The van der Waals surface area contributed by atoms with Gasteiger partial charge in [-0.25, -0.2) is 4.90 Å². The van der Waals surface area contributed by atoms with Crippen molar-refractivity contribution in [2.24, 2.45) is 22.7 Å². The van der Waals surface area contributed by atoms with Gasteiger partial charge in [0.1, 0.15) is 0 Å². The van der Waals surface area contributed by atoms with Gasteiger partial charge < -0.3 is 0 Å². The zero-order valence-corrected chi connectivity index (χ0v) is 21.0. The number of aryl methyl sites for hydroxylation is 2. The molecule has 4 heteroatoms. The van der Waals surface area contributed by atoms with Crippen molar-refractivity contribution < 1.29 is 14.4 Å². The molecule has 0 unspecified atom stereocenters. The van der Waals surface area contributed by atoms with E-state index in [-0.39, 0.29) is 17.6 Å². The Bertz CT molecular complexity index is 1470. The molecular formula is C32H29NO3. The molecule has 0 aromatic heterocycles. The summed E-state index contributed by atoms with van der Waals surface area (Å²) in [7, 11) is 0. The quantitative estimate of drug-likeness (QED) is 0.434. The van der Waals surface area contributed by atoms with Crippen LogP contribution in [-0.2, 0) is 14.4 Å². The van der Waals surface area contributed by atoms with Crippen molar-refractivity contribution in [1.82, 2.24) is 0 Å². The van der Waals surface area contributed by atoms with Crippen LogP contribution in [0.5, 0.6) is 0 Å². The van der Waals surface area contributed by atoms with Crippen LogP contribution in [0.1, 0.15) is 42.5 Å². The van der Waals surface area contributed by atoms with E-state index in [0.29, 0.717) is 12.1 Å². The molecule has 1 saturated carbocycles. The number of carbonyl (C=O) groups is 3. The molecule has 2 amide bonds. The Hall–Kier alpha value is -3.79. The smallest absolute Gasteiger partial charge is 0.239 e. The maximum absolute atomic E-state index is 14.5. The minimum absolute atomic E-state index is 0.00696. The Labute approximate surface area is 211 Å². The minimum Gasteiger partial charge on any atom is -0.298 e. The van der Waals surface area contributed by atoms with Gasteiger partial charge >= 0.3 is 0 Å². The zero-order chi connectivity index (χ0) is 25.4. The van der Waals surface area contributed by atoms with Crippen LogP contribution in [0.2, 0.25) is 0 Å². The number of anilines is 1. The lowest BCUT2D eigenvalue weighted by Gasteiger charge is -2.37. The highest BCUT2D eigenvalue weighted by Crippen LogP contribution is 2.74. The van der Waals surface area contributed by atoms with Gasteiger partial charge in [0.2, 0.25) is 11.8 Å². The van der Waals surface area contributed by atoms with Gasteiger partial charge in [0.25, 0.3) is 0 Å². The van der Waals surface area contributed by atoms with Gasteiger partial charge in [0, 0.05) is 0 Å². The molecule has 2 aliphatic carbocycles. The summed E-state index contributed by atoms with van der Waals surface area (Å²) in [6, 6.07) is 25.7. The number of ketones is 1. The number of Topliss-reactive ketones (excluding diaryl/α,β-unsaturated/α-hetero) is 1. The Morgan fingerprint density at radius 3 is 1.89 bits per heavy atom. The summed E-state index contributed by atoms with van der Waals surface area (Å²) in [4.78, 5) is 44.4. The van der Waals surface area contributed by atoms with Crippen LogP contribution in [0, 0.1) is 36.5 Å². The number of benzene rings is 3. The molecule has 4 nitrogen and oxygen atoms in total. The summed E-state index contributed by atoms with van der Waals surface area (Å²) in [6.45, 7) is 7.76. The largest absolute Gasteiger partial charge is 0.298 e. The summed E-state index contributed by atoms with van der Waals surface area (Å²) in [5.74, 6) is -1.94. The Balaban J connectivity index is 1.65. The van der Waals surface area contributed by atoms with E-state index in [0.717, 1.165) is 33.4 Å². The third-order valence-electron chi connectivity index (χ3n) is 8.84. The fraction of sp³-hybridized carbons (Fsp3) is 0.281. The topological polar surface area (TPSA) is 54.5 Å². The van der Waals surface area contributed by atoms with Crippen molar-refractivity contribution in [1.29, 1.82) is 0 Å². The number of rotatable bonds is 4. The van der Waals surface area contributed by atoms with E-state index in [1.54, 1.807) is 0 Å². The molecule has 4 atom stereocenters. The van der Waals surface area contributed by atoms with Crippen LogP contribution in [0.15, 0.2) is 78.9 Å². The van der Waals surface area contributed by atoms with Crippen molar-refractivity contribution in [2.75, 3.05) is 4.90 Å². The van der Waals surface area contributed by atoms with Crippen LogP contribution >= 0.6 is 0 Å². The van der Waals surface area contributed by atoms with Crippen LogP contribution in [0.25, 0.3) is 11.1 Å². The third kappa shape index (κ3) is 2.57. The highest BCUT2D eigenvalue weighted by Gasteiger charge is 2.79. The molecule has 0 spiro atoms. The van der Waals surface area contributed by atoms with Gasteiger partial charge in [0.15, 0.2) is 5.78 Å². The van der Waals surface area contributed by atoms with E-state index in [2.05, 4.69) is 0 Å². The summed E-state index contributed by atoms with van der Waals surface area (Å²) in [5, 5.41) is 0. The van der Waals surface area contributed by atoms with E-state index >= 15 is 0 Å². The van der Waals surface area contributed by atoms with Crippen molar-refractivity contribution >= 4 is 34.4 Å². The SMILES string of the molecule is CC[C@@]12C(=O)[C@@](C)(C(c3ccccc3)=C1c1ccccc1)[C@@H]1C(=O)N(c3cc(C)ccc3C)C(=O)[C@H]12. The molecule has 1 aliphatic heterocycles. The lowest BCUT2D eigenvalue weighted by atomic mass is 9.62. The Morgan fingerprint density at radius 2 is 1.31 bits per heavy atom. The second kappa shape index (κ2) is 7.60. The average Bonchev–Trinajstić information content (AvgIpc) is 3.36. The van der Waals surface area contributed by atoms with Gasteiger partial charge in [0.05, 0.1) is 28.4 Å². The summed E-state index contributed by atoms with van der Waals surface area (Å²) < 4.78 is 0. The molecule has 180 valence electrons. The first-order chi connectivity index (χ1) is 17.3. The molecule has 1 heterocycles. The second-order valence-corrected chi connectivity index (χ2v) is 10.6. The van der Waals surface area contributed by atoms with Gasteiger partial charge in [-0.1, -0.05) is 79.7 Å². The van der Waals surface area contributed by atoms with Crippen molar-refractivity contribution in [3.05, 3.63) is 101 Å². The van der Waals surface area contributed by atoms with Crippen molar-refractivity contribution in [2.45, 2.75) is 34.1 Å². The summed E-state index contributed by atoms with van der Waals surface area (Å²) >= 11 is 0. The molecule has 0 N–H and O–H groups in total. The number of carbonyl (C=O) groups excluding carboxylic acids is 3. The number of nitrogens with zero attached hydrogens (tertiary/aromatic N) is 1. The molecule has 36 heavy (non-hydrogen) atoms. The maximum atomic E-state index is 14.5. The molecule has 6 rings (SSSR count). The molecular weight excluding hydrogens is 446 g/mol. The van der Waals surface area contributed by atoms with Gasteiger partial charge in [-0.2, -0.15) is 0 Å². The first-order valence-corrected chi connectivity index (χ1v) is 12.6. The van der Waals surface area contributed by atoms with Crippen molar-refractivity contribution in [3.63, 3.8) is 0 Å². The number of allylic oxidation sites excluding steroid dienone is 2. The standard InChI is InChI=1S/C32H29NO3/c1-5-32-25(22-14-10-7-11-15-22)24(21-12-8-6-9-13-21)31(4,30(32)36)26-27(32)29(35)33(28(26)34)23-18-19(2)16-17-20(23)3/h6-18,26-27H,5H2,1-4H3/t26-,27-,31-,32+/m0/s1. The number of imide groups is 1. The Kier molecular flexibility index (Phi) is 4.79. The number of amides is 2. The second-order valence-electron chi connectivity index (χ2n) is 10.6. The van der Waals surface area contributed by atoms with Crippen LogP contribution in [-0.4, -0.2) is 17.6 Å². The monoisotopic (exact) mass is 475 g/mol. The number of hydrogen-bond donors (Lipinski definition) is 0. The zero-order valence-electron chi connectivity index (χ0n) is 21.0. The minimum atomic E-state index is -1.09. The molecule has 0 radical (unpaired) electrons. The fourth-order valence-electron chi connectivity index (χ4n) is 7.32. The summed E-state index contributed by atoms with van der Waals surface area (Å²) in [6.07, 6.45) is 0.461. The first kappa shape index (κ1) is 22.7. The number of fused-ring (bicyclic) bond motifs is 5. The molecule has 2 fully saturated rings. The molecule has 1 saturated heterocycles. The fourth-order valence-corrected chi connectivity index (χ4v) is 7.32. The predicted molar refractivity (Wildman–Crippen MR) is 141 cm³/mol.